The van der Waals surface area contributed by atoms with Crippen molar-refractivity contribution in [1.29, 1.82) is 0 Å². The molecule has 2 aromatic rings. The van der Waals surface area contributed by atoms with Crippen molar-refractivity contribution in [2.75, 3.05) is 13.2 Å². The monoisotopic (exact) mass is 353 g/mol. The van der Waals surface area contributed by atoms with Gasteiger partial charge in [0.25, 0.3) is 11.5 Å². The van der Waals surface area contributed by atoms with Crippen molar-refractivity contribution < 1.29 is 14.7 Å². The number of amides is 1. The van der Waals surface area contributed by atoms with Gasteiger partial charge in [-0.3, -0.25) is 23.6 Å². The first-order valence-electron chi connectivity index (χ1n) is 7.65. The Labute approximate surface area is 141 Å². The van der Waals surface area contributed by atoms with Crippen LogP contribution < -0.4 is 11.2 Å². The van der Waals surface area contributed by atoms with Crippen LogP contribution in [0.4, 0.5) is 0 Å². The first kappa shape index (κ1) is 16.9. The van der Waals surface area contributed by atoms with Crippen molar-refractivity contribution in [3.05, 3.63) is 31.8 Å². The number of hydrogen-bond acceptors (Lipinski definition) is 6. The number of hydrogen-bond donors (Lipinski definition) is 1. The molecule has 0 radical (unpaired) electrons. The number of hydroxylamine groups is 2. The van der Waals surface area contributed by atoms with Crippen LogP contribution in [-0.2, 0) is 18.4 Å². The molecular weight excluding hydrogens is 334 g/mol. The summed E-state index contributed by atoms with van der Waals surface area (Å²) in [7, 11) is 1.41. The van der Waals surface area contributed by atoms with E-state index in [0.717, 1.165) is 9.63 Å². The highest BCUT2D eigenvalue weighted by molar-refractivity contribution is 7.17. The van der Waals surface area contributed by atoms with E-state index in [1.54, 1.807) is 5.38 Å². The molecule has 1 amide bonds. The minimum absolute atomic E-state index is 0.0455. The van der Waals surface area contributed by atoms with E-state index in [1.807, 2.05) is 13.8 Å². The van der Waals surface area contributed by atoms with Gasteiger partial charge in [-0.25, -0.2) is 9.86 Å². The van der Waals surface area contributed by atoms with Gasteiger partial charge < -0.3 is 5.11 Å². The first-order chi connectivity index (χ1) is 11.3. The highest BCUT2D eigenvalue weighted by Gasteiger charge is 2.30. The normalized spacial score (nSPS) is 18.0. The Morgan fingerprint density at radius 3 is 2.75 bits per heavy atom. The van der Waals surface area contributed by atoms with Crippen LogP contribution in [0.15, 0.2) is 15.0 Å². The second-order valence-corrected chi connectivity index (χ2v) is 7.15. The number of rotatable bonds is 3. The van der Waals surface area contributed by atoms with Crippen LogP contribution in [0.25, 0.3) is 10.2 Å². The molecule has 8 nitrogen and oxygen atoms in total. The highest BCUT2D eigenvalue weighted by Crippen LogP contribution is 2.25. The van der Waals surface area contributed by atoms with E-state index in [1.165, 1.54) is 23.0 Å². The van der Waals surface area contributed by atoms with Crippen molar-refractivity contribution in [2.24, 2.45) is 13.0 Å². The highest BCUT2D eigenvalue weighted by atomic mass is 32.1. The van der Waals surface area contributed by atoms with Crippen LogP contribution in [0, 0.1) is 5.92 Å². The Morgan fingerprint density at radius 1 is 1.46 bits per heavy atom. The number of aliphatic hydroxyl groups excluding tert-OH is 1. The minimum Gasteiger partial charge on any atom is -0.389 e. The van der Waals surface area contributed by atoms with Gasteiger partial charge in [0.2, 0.25) is 0 Å². The van der Waals surface area contributed by atoms with E-state index in [0.29, 0.717) is 11.4 Å². The number of carbonyl (C=O) groups excluding carboxylic acids is 1. The minimum atomic E-state index is -0.735. The van der Waals surface area contributed by atoms with Crippen molar-refractivity contribution in [1.82, 2.24) is 14.2 Å². The standard InChI is InChI=1S/C15H19N3O5S/c1-8(2)4-17-14-11(13(21)16(3)15(17)22)10(7-24-14)12(20)18-5-9(19)6-23-18/h7-9,19H,4-6H2,1-3H3. The predicted molar refractivity (Wildman–Crippen MR) is 89.2 cm³/mol. The average molecular weight is 353 g/mol. The van der Waals surface area contributed by atoms with E-state index in [4.69, 9.17) is 4.84 Å². The molecule has 0 saturated carbocycles. The SMILES string of the molecule is CC(C)Cn1c(=O)n(C)c(=O)c2c(C(=O)N3CC(O)CO3)csc21. The lowest BCUT2D eigenvalue weighted by Gasteiger charge is -2.14. The lowest BCUT2D eigenvalue weighted by atomic mass is 10.2. The molecule has 1 unspecified atom stereocenters. The molecule has 1 fully saturated rings. The molecule has 0 aromatic carbocycles. The van der Waals surface area contributed by atoms with Gasteiger partial charge in [-0.05, 0) is 5.92 Å². The molecule has 130 valence electrons. The van der Waals surface area contributed by atoms with Gasteiger partial charge in [0, 0.05) is 19.0 Å². The van der Waals surface area contributed by atoms with Crippen molar-refractivity contribution in [2.45, 2.75) is 26.5 Å². The largest absolute Gasteiger partial charge is 0.389 e. The maximum Gasteiger partial charge on any atom is 0.331 e. The number of aliphatic hydroxyl groups is 1. The summed E-state index contributed by atoms with van der Waals surface area (Å²) in [6.07, 6.45) is -0.735. The summed E-state index contributed by atoms with van der Waals surface area (Å²) in [5, 5.41) is 12.4. The van der Waals surface area contributed by atoms with Gasteiger partial charge in [0.05, 0.1) is 17.5 Å². The fourth-order valence-electron chi connectivity index (χ4n) is 2.71. The summed E-state index contributed by atoms with van der Waals surface area (Å²) < 4.78 is 2.55. The smallest absolute Gasteiger partial charge is 0.331 e. The Bertz CT molecular complexity index is 910. The topological polar surface area (TPSA) is 93.8 Å². The molecule has 1 N–H and O–H groups in total. The van der Waals surface area contributed by atoms with Gasteiger partial charge >= 0.3 is 5.69 Å². The Balaban J connectivity index is 2.18. The van der Waals surface area contributed by atoms with Crippen LogP contribution in [0.2, 0.25) is 0 Å². The van der Waals surface area contributed by atoms with Crippen LogP contribution in [0.1, 0.15) is 24.2 Å². The lowest BCUT2D eigenvalue weighted by Crippen LogP contribution is -2.39. The molecule has 24 heavy (non-hydrogen) atoms. The van der Waals surface area contributed by atoms with E-state index in [-0.39, 0.29) is 30.0 Å². The Morgan fingerprint density at radius 2 is 2.17 bits per heavy atom. The van der Waals surface area contributed by atoms with Gasteiger partial charge in [-0.2, -0.15) is 0 Å². The van der Waals surface area contributed by atoms with Crippen molar-refractivity contribution >= 4 is 27.5 Å². The summed E-state index contributed by atoms with van der Waals surface area (Å²) in [6.45, 7) is 4.51. The maximum absolute atomic E-state index is 12.6. The average Bonchev–Trinajstić information content (AvgIpc) is 3.15. The van der Waals surface area contributed by atoms with Crippen LogP contribution in [-0.4, -0.2) is 44.5 Å². The molecule has 1 saturated heterocycles. The number of fused-ring (bicyclic) bond motifs is 1. The summed E-state index contributed by atoms with van der Waals surface area (Å²) in [4.78, 5) is 43.2. The molecule has 3 rings (SSSR count). The zero-order chi connectivity index (χ0) is 17.6. The summed E-state index contributed by atoms with van der Waals surface area (Å²) >= 11 is 1.19. The second kappa shape index (κ2) is 6.15. The molecular formula is C15H19N3O5S. The van der Waals surface area contributed by atoms with E-state index in [9.17, 15) is 19.5 Å². The predicted octanol–water partition coefficient (Wildman–Crippen LogP) is 0.166. The molecule has 2 aromatic heterocycles. The first-order valence-corrected chi connectivity index (χ1v) is 8.53. The summed E-state index contributed by atoms with van der Waals surface area (Å²) in [5.41, 5.74) is -0.698. The molecule has 0 spiro atoms. The second-order valence-electron chi connectivity index (χ2n) is 6.30. The summed E-state index contributed by atoms with van der Waals surface area (Å²) in [5.74, 6) is -0.272. The summed E-state index contributed by atoms with van der Waals surface area (Å²) in [6, 6.07) is 0. The van der Waals surface area contributed by atoms with E-state index < -0.39 is 23.3 Å². The molecule has 1 aliphatic rings. The zero-order valence-corrected chi connectivity index (χ0v) is 14.5. The van der Waals surface area contributed by atoms with Crippen molar-refractivity contribution in [3.63, 3.8) is 0 Å². The zero-order valence-electron chi connectivity index (χ0n) is 13.7. The fourth-order valence-corrected chi connectivity index (χ4v) is 3.75. The third-order valence-electron chi connectivity index (χ3n) is 3.86. The number of carbonyl (C=O) groups is 1. The van der Waals surface area contributed by atoms with Crippen LogP contribution in [0.5, 0.6) is 0 Å². The molecule has 1 aliphatic heterocycles. The van der Waals surface area contributed by atoms with Gasteiger partial charge in [-0.15, -0.1) is 11.3 Å². The molecule has 0 bridgehead atoms. The maximum atomic E-state index is 12.6. The number of thiophene rings is 1. The Kier molecular flexibility index (Phi) is 4.33. The number of β-amino-alcohol motifs (C(OH)–C–C–N with tert-alkyl or cyclic N) is 1. The van der Waals surface area contributed by atoms with Crippen molar-refractivity contribution in [3.8, 4) is 0 Å². The molecule has 0 aliphatic carbocycles. The fraction of sp³-hybridized carbons (Fsp3) is 0.533. The third-order valence-corrected chi connectivity index (χ3v) is 4.86. The third kappa shape index (κ3) is 2.68. The van der Waals surface area contributed by atoms with Gasteiger partial charge in [0.1, 0.15) is 17.5 Å². The van der Waals surface area contributed by atoms with Gasteiger partial charge in [-0.1, -0.05) is 13.8 Å². The molecule has 9 heteroatoms. The quantitative estimate of drug-likeness (QED) is 0.849. The van der Waals surface area contributed by atoms with Crippen LogP contribution >= 0.6 is 11.3 Å². The number of aromatic nitrogens is 2. The van der Waals surface area contributed by atoms with Crippen LogP contribution in [0.3, 0.4) is 0 Å². The number of nitrogens with zero attached hydrogens (tertiary/aromatic N) is 3. The molecule has 1 atom stereocenters. The van der Waals surface area contributed by atoms with Gasteiger partial charge in [0.15, 0.2) is 0 Å². The lowest BCUT2D eigenvalue weighted by molar-refractivity contribution is -0.0778. The molecule has 3 heterocycles. The Hall–Kier alpha value is -1.97. The van der Waals surface area contributed by atoms with E-state index in [2.05, 4.69) is 0 Å². The van der Waals surface area contributed by atoms with E-state index >= 15 is 0 Å².